The molecule has 0 atom stereocenters. The molecule has 1 aromatic rings. The van der Waals surface area contributed by atoms with Crippen molar-refractivity contribution in [3.8, 4) is 0 Å². The highest BCUT2D eigenvalue weighted by Gasteiger charge is 2.05. The molecule has 0 aliphatic rings. The summed E-state index contributed by atoms with van der Waals surface area (Å²) in [5, 5.41) is 3.15. The highest BCUT2D eigenvalue weighted by atomic mass is 35.5. The fraction of sp³-hybridized carbons (Fsp3) is 0.455. The van der Waals surface area contributed by atoms with Crippen LogP contribution in [0.1, 0.15) is 20.3 Å². The second-order valence-corrected chi connectivity index (χ2v) is 4.37. The number of anilines is 2. The Kier molecular flexibility index (Phi) is 4.21. The maximum absolute atomic E-state index is 13.1. The molecular formula is C11H16ClFN2. The number of hydrogen-bond donors (Lipinski definition) is 2. The molecule has 84 valence electrons. The molecule has 4 heteroatoms. The van der Waals surface area contributed by atoms with E-state index >= 15 is 0 Å². The first-order chi connectivity index (χ1) is 7.00. The Morgan fingerprint density at radius 1 is 1.47 bits per heavy atom. The van der Waals surface area contributed by atoms with Crippen molar-refractivity contribution in [2.45, 2.75) is 20.3 Å². The van der Waals surface area contributed by atoms with Gasteiger partial charge < -0.3 is 11.1 Å². The van der Waals surface area contributed by atoms with Gasteiger partial charge in [0.2, 0.25) is 0 Å². The average molecular weight is 231 g/mol. The minimum atomic E-state index is -0.446. The zero-order valence-corrected chi connectivity index (χ0v) is 9.74. The number of halogens is 2. The Morgan fingerprint density at radius 2 is 2.13 bits per heavy atom. The van der Waals surface area contributed by atoms with Crippen molar-refractivity contribution in [2.24, 2.45) is 5.92 Å². The third kappa shape index (κ3) is 3.59. The summed E-state index contributed by atoms with van der Waals surface area (Å²) in [5.74, 6) is 0.161. The topological polar surface area (TPSA) is 38.0 Å². The molecule has 0 fully saturated rings. The number of benzene rings is 1. The highest BCUT2D eigenvalue weighted by Crippen LogP contribution is 2.26. The van der Waals surface area contributed by atoms with Gasteiger partial charge in [-0.2, -0.15) is 0 Å². The summed E-state index contributed by atoms with van der Waals surface area (Å²) >= 11 is 5.59. The molecule has 0 unspecified atom stereocenters. The van der Waals surface area contributed by atoms with Gasteiger partial charge in [0, 0.05) is 12.6 Å². The van der Waals surface area contributed by atoms with Gasteiger partial charge in [-0.1, -0.05) is 25.4 Å². The molecule has 0 radical (unpaired) electrons. The van der Waals surface area contributed by atoms with Crippen LogP contribution in [0.25, 0.3) is 0 Å². The second kappa shape index (κ2) is 5.21. The highest BCUT2D eigenvalue weighted by molar-refractivity contribution is 6.31. The van der Waals surface area contributed by atoms with E-state index in [9.17, 15) is 4.39 Å². The van der Waals surface area contributed by atoms with Crippen molar-refractivity contribution in [3.63, 3.8) is 0 Å². The van der Waals surface area contributed by atoms with Crippen LogP contribution in [0.5, 0.6) is 0 Å². The molecule has 0 saturated carbocycles. The maximum Gasteiger partial charge on any atom is 0.143 e. The third-order valence-corrected chi connectivity index (χ3v) is 2.42. The second-order valence-electron chi connectivity index (χ2n) is 3.96. The fourth-order valence-electron chi connectivity index (χ4n) is 1.21. The van der Waals surface area contributed by atoms with E-state index in [1.54, 1.807) is 0 Å². The Bertz CT molecular complexity index is 340. The minimum Gasteiger partial charge on any atom is -0.397 e. The van der Waals surface area contributed by atoms with E-state index in [1.165, 1.54) is 12.1 Å². The van der Waals surface area contributed by atoms with Crippen LogP contribution < -0.4 is 11.1 Å². The van der Waals surface area contributed by atoms with Crippen LogP contribution in [0.4, 0.5) is 15.8 Å². The Hall–Kier alpha value is -0.960. The summed E-state index contributed by atoms with van der Waals surface area (Å²) in [5.41, 5.74) is 6.78. The van der Waals surface area contributed by atoms with Gasteiger partial charge in [0.1, 0.15) is 5.82 Å². The number of rotatable bonds is 4. The first-order valence-corrected chi connectivity index (χ1v) is 5.37. The third-order valence-electron chi connectivity index (χ3n) is 2.13. The van der Waals surface area contributed by atoms with E-state index in [0.29, 0.717) is 17.3 Å². The van der Waals surface area contributed by atoms with Crippen LogP contribution in [0.3, 0.4) is 0 Å². The summed E-state index contributed by atoms with van der Waals surface area (Å²) in [6.07, 6.45) is 1.02. The van der Waals surface area contributed by atoms with Crippen molar-refractivity contribution >= 4 is 23.0 Å². The van der Waals surface area contributed by atoms with Crippen molar-refractivity contribution in [2.75, 3.05) is 17.6 Å². The molecule has 1 rings (SSSR count). The molecule has 15 heavy (non-hydrogen) atoms. The van der Waals surface area contributed by atoms with Crippen molar-refractivity contribution in [1.29, 1.82) is 0 Å². The first kappa shape index (κ1) is 12.1. The molecule has 0 amide bonds. The summed E-state index contributed by atoms with van der Waals surface area (Å²) in [6.45, 7) is 5.05. The van der Waals surface area contributed by atoms with Gasteiger partial charge in [0.15, 0.2) is 0 Å². The van der Waals surface area contributed by atoms with Crippen LogP contribution in [-0.2, 0) is 0 Å². The fourth-order valence-corrected chi connectivity index (χ4v) is 1.38. The van der Waals surface area contributed by atoms with Gasteiger partial charge in [0.05, 0.1) is 16.4 Å². The number of nitrogens with two attached hydrogens (primary N) is 1. The first-order valence-electron chi connectivity index (χ1n) is 4.99. The Labute approximate surface area is 94.6 Å². The smallest absolute Gasteiger partial charge is 0.143 e. The molecule has 0 aliphatic carbocycles. The number of nitrogens with one attached hydrogen (secondary N) is 1. The lowest BCUT2D eigenvalue weighted by molar-refractivity contribution is 0.606. The van der Waals surface area contributed by atoms with E-state index in [4.69, 9.17) is 17.3 Å². The van der Waals surface area contributed by atoms with Gasteiger partial charge in [-0.05, 0) is 18.4 Å². The van der Waals surface area contributed by atoms with Gasteiger partial charge in [-0.25, -0.2) is 4.39 Å². The number of nitrogen functional groups attached to an aromatic ring is 1. The quantitative estimate of drug-likeness (QED) is 0.777. The van der Waals surface area contributed by atoms with Gasteiger partial charge in [-0.3, -0.25) is 0 Å². The number of hydrogen-bond acceptors (Lipinski definition) is 2. The molecule has 0 bridgehead atoms. The predicted octanol–water partition coefficient (Wildman–Crippen LogP) is 3.52. The van der Waals surface area contributed by atoms with Gasteiger partial charge in [0.25, 0.3) is 0 Å². The molecule has 0 saturated heterocycles. The van der Waals surface area contributed by atoms with Crippen molar-refractivity contribution in [3.05, 3.63) is 23.0 Å². The molecular weight excluding hydrogens is 215 g/mol. The van der Waals surface area contributed by atoms with Crippen LogP contribution in [0.15, 0.2) is 12.1 Å². The van der Waals surface area contributed by atoms with E-state index < -0.39 is 5.82 Å². The van der Waals surface area contributed by atoms with E-state index in [2.05, 4.69) is 19.2 Å². The molecule has 1 aromatic carbocycles. The molecule has 3 N–H and O–H groups in total. The maximum atomic E-state index is 13.1. The summed E-state index contributed by atoms with van der Waals surface area (Å²) in [7, 11) is 0. The Morgan fingerprint density at radius 3 is 2.73 bits per heavy atom. The molecule has 0 aliphatic heterocycles. The van der Waals surface area contributed by atoms with Gasteiger partial charge >= 0.3 is 0 Å². The monoisotopic (exact) mass is 230 g/mol. The summed E-state index contributed by atoms with van der Waals surface area (Å²) in [6, 6.07) is 2.76. The normalized spacial score (nSPS) is 10.7. The SMILES string of the molecule is CC(C)CCNc1cc(F)c(Cl)cc1N. The lowest BCUT2D eigenvalue weighted by Crippen LogP contribution is -2.07. The molecule has 0 aromatic heterocycles. The lowest BCUT2D eigenvalue weighted by Gasteiger charge is -2.11. The van der Waals surface area contributed by atoms with Crippen molar-refractivity contribution < 1.29 is 4.39 Å². The summed E-state index contributed by atoms with van der Waals surface area (Å²) in [4.78, 5) is 0. The van der Waals surface area contributed by atoms with Crippen molar-refractivity contribution in [1.82, 2.24) is 0 Å². The largest absolute Gasteiger partial charge is 0.397 e. The summed E-state index contributed by atoms with van der Waals surface area (Å²) < 4.78 is 13.1. The lowest BCUT2D eigenvalue weighted by atomic mass is 10.1. The van der Waals surface area contributed by atoms with Crippen LogP contribution in [0, 0.1) is 11.7 Å². The molecule has 0 spiro atoms. The van der Waals surface area contributed by atoms with E-state index in [1.807, 2.05) is 0 Å². The van der Waals surface area contributed by atoms with Crippen LogP contribution in [-0.4, -0.2) is 6.54 Å². The molecule has 0 heterocycles. The molecule has 2 nitrogen and oxygen atoms in total. The van der Waals surface area contributed by atoms with Crippen LogP contribution >= 0.6 is 11.6 Å². The van der Waals surface area contributed by atoms with E-state index in [-0.39, 0.29) is 5.02 Å². The van der Waals surface area contributed by atoms with Crippen LogP contribution in [0.2, 0.25) is 5.02 Å². The predicted molar refractivity (Wildman–Crippen MR) is 63.8 cm³/mol. The Balaban J connectivity index is 2.65. The van der Waals surface area contributed by atoms with Gasteiger partial charge in [-0.15, -0.1) is 0 Å². The zero-order valence-electron chi connectivity index (χ0n) is 8.98. The standard InChI is InChI=1S/C11H16ClFN2/c1-7(2)3-4-15-11-6-9(13)8(12)5-10(11)14/h5-7,15H,3-4,14H2,1-2H3. The van der Waals surface area contributed by atoms with E-state index in [0.717, 1.165) is 13.0 Å². The average Bonchev–Trinajstić information content (AvgIpc) is 2.13. The minimum absolute atomic E-state index is 0.0573. The zero-order chi connectivity index (χ0) is 11.4.